The number of amides is 2. The van der Waals surface area contributed by atoms with Crippen LogP contribution in [-0.2, 0) is 16.1 Å². The number of benzene rings is 3. The molecule has 2 amide bonds. The van der Waals surface area contributed by atoms with Crippen LogP contribution >= 0.6 is 0 Å². The average molecular weight is 536 g/mol. The van der Waals surface area contributed by atoms with Crippen molar-refractivity contribution in [3.63, 3.8) is 0 Å². The molecule has 206 valence electrons. The van der Waals surface area contributed by atoms with Crippen LogP contribution in [0.2, 0.25) is 0 Å². The van der Waals surface area contributed by atoms with Crippen LogP contribution < -0.4 is 0 Å². The summed E-state index contributed by atoms with van der Waals surface area (Å²) in [6, 6.07) is 30.1. The number of ether oxygens (including phenoxy) is 1. The van der Waals surface area contributed by atoms with Gasteiger partial charge in [0.1, 0.15) is 6.54 Å². The maximum atomic E-state index is 13.9. The molecule has 5 rings (SSSR count). The van der Waals surface area contributed by atoms with Gasteiger partial charge in [0, 0.05) is 44.2 Å². The molecule has 0 spiro atoms. The number of methoxy groups -OCH3 is 1. The molecule has 0 saturated heterocycles. The van der Waals surface area contributed by atoms with Gasteiger partial charge < -0.3 is 19.1 Å². The third kappa shape index (κ3) is 5.87. The van der Waals surface area contributed by atoms with Crippen LogP contribution in [0.4, 0.5) is 0 Å². The molecule has 0 N–H and O–H groups in total. The standard InChI is InChI=1S/C34H37N3O3/c1-25(2)26-11-15-29(16-12-26)33-31-10-7-19-35(31)20-21-37(33)32(38)24-36(22-23-40-3)34(39)30-17-13-28(14-18-30)27-8-5-4-6-9-27/h4-19,25,33H,20-24H2,1-3H3. The van der Waals surface area contributed by atoms with Gasteiger partial charge in [0.05, 0.1) is 12.6 Å². The smallest absolute Gasteiger partial charge is 0.254 e. The topological polar surface area (TPSA) is 54.8 Å². The molecule has 3 aromatic carbocycles. The van der Waals surface area contributed by atoms with Crippen LogP contribution in [0, 0.1) is 0 Å². The molecule has 1 aromatic heterocycles. The quantitative estimate of drug-likeness (QED) is 0.264. The van der Waals surface area contributed by atoms with Gasteiger partial charge in [-0.3, -0.25) is 9.59 Å². The fourth-order valence-electron chi connectivity index (χ4n) is 5.39. The van der Waals surface area contributed by atoms with Gasteiger partial charge in [-0.25, -0.2) is 0 Å². The summed E-state index contributed by atoms with van der Waals surface area (Å²) in [5, 5.41) is 0. The Balaban J connectivity index is 1.38. The van der Waals surface area contributed by atoms with E-state index in [0.29, 0.717) is 31.2 Å². The lowest BCUT2D eigenvalue weighted by Crippen LogP contribution is -2.48. The van der Waals surface area contributed by atoms with Crippen LogP contribution in [0.5, 0.6) is 0 Å². The molecule has 1 aliphatic rings. The average Bonchev–Trinajstić information content (AvgIpc) is 3.48. The van der Waals surface area contributed by atoms with E-state index in [1.807, 2.05) is 65.6 Å². The second kappa shape index (κ2) is 12.3. The van der Waals surface area contributed by atoms with E-state index >= 15 is 0 Å². The number of carbonyl (C=O) groups excluding carboxylic acids is 2. The molecule has 0 bridgehead atoms. The monoisotopic (exact) mass is 535 g/mol. The van der Waals surface area contributed by atoms with E-state index in [4.69, 9.17) is 4.74 Å². The maximum absolute atomic E-state index is 13.9. The molecular formula is C34H37N3O3. The predicted octanol–water partition coefficient (Wildman–Crippen LogP) is 6.00. The Morgan fingerprint density at radius 2 is 1.57 bits per heavy atom. The van der Waals surface area contributed by atoms with E-state index in [9.17, 15) is 9.59 Å². The van der Waals surface area contributed by atoms with Crippen molar-refractivity contribution in [3.8, 4) is 11.1 Å². The van der Waals surface area contributed by atoms with Crippen molar-refractivity contribution in [1.29, 1.82) is 0 Å². The summed E-state index contributed by atoms with van der Waals surface area (Å²) in [7, 11) is 1.61. The molecule has 6 nitrogen and oxygen atoms in total. The van der Waals surface area contributed by atoms with E-state index in [2.05, 4.69) is 54.9 Å². The number of hydrogen-bond acceptors (Lipinski definition) is 3. The fourth-order valence-corrected chi connectivity index (χ4v) is 5.39. The SMILES string of the molecule is COCCN(CC(=O)N1CCn2cccc2C1c1ccc(C(C)C)cc1)C(=O)c1ccc(-c2ccccc2)cc1. The number of aromatic nitrogens is 1. The Kier molecular flexibility index (Phi) is 8.46. The molecule has 1 atom stereocenters. The minimum absolute atomic E-state index is 0.0100. The van der Waals surface area contributed by atoms with Crippen LogP contribution in [0.15, 0.2) is 97.2 Å². The highest BCUT2D eigenvalue weighted by Crippen LogP contribution is 2.33. The van der Waals surface area contributed by atoms with Crippen molar-refractivity contribution in [2.75, 3.05) is 33.4 Å². The number of hydrogen-bond donors (Lipinski definition) is 0. The maximum Gasteiger partial charge on any atom is 0.254 e. The fraction of sp³-hybridized carbons (Fsp3) is 0.294. The zero-order chi connectivity index (χ0) is 28.1. The summed E-state index contributed by atoms with van der Waals surface area (Å²) >= 11 is 0. The van der Waals surface area contributed by atoms with E-state index in [0.717, 1.165) is 28.9 Å². The number of rotatable bonds is 9. The molecule has 1 aliphatic heterocycles. The van der Waals surface area contributed by atoms with Crippen LogP contribution in [-0.4, -0.2) is 59.5 Å². The van der Waals surface area contributed by atoms with Crippen LogP contribution in [0.3, 0.4) is 0 Å². The van der Waals surface area contributed by atoms with E-state index < -0.39 is 0 Å². The highest BCUT2D eigenvalue weighted by atomic mass is 16.5. The van der Waals surface area contributed by atoms with E-state index in [1.54, 1.807) is 12.0 Å². The molecule has 0 radical (unpaired) electrons. The third-order valence-corrected chi connectivity index (χ3v) is 7.70. The Morgan fingerprint density at radius 1 is 0.875 bits per heavy atom. The van der Waals surface area contributed by atoms with Gasteiger partial charge in [-0.15, -0.1) is 0 Å². The second-order valence-electron chi connectivity index (χ2n) is 10.6. The van der Waals surface area contributed by atoms with Crippen molar-refractivity contribution in [3.05, 3.63) is 120 Å². The lowest BCUT2D eigenvalue weighted by atomic mass is 9.95. The number of fused-ring (bicyclic) bond motifs is 1. The number of nitrogens with zero attached hydrogens (tertiary/aromatic N) is 3. The normalized spacial score (nSPS) is 14.7. The van der Waals surface area contributed by atoms with Crippen molar-refractivity contribution in [1.82, 2.24) is 14.4 Å². The molecule has 6 heteroatoms. The zero-order valence-corrected chi connectivity index (χ0v) is 23.5. The first-order valence-corrected chi connectivity index (χ1v) is 13.9. The molecule has 40 heavy (non-hydrogen) atoms. The summed E-state index contributed by atoms with van der Waals surface area (Å²) in [5.74, 6) is 0.183. The van der Waals surface area contributed by atoms with Crippen molar-refractivity contribution >= 4 is 11.8 Å². The third-order valence-electron chi connectivity index (χ3n) is 7.70. The summed E-state index contributed by atoms with van der Waals surface area (Å²) in [6.07, 6.45) is 2.07. The Hall–Kier alpha value is -4.16. The molecule has 4 aromatic rings. The lowest BCUT2D eigenvalue weighted by Gasteiger charge is -2.38. The molecule has 2 heterocycles. The van der Waals surface area contributed by atoms with Gasteiger partial charge >= 0.3 is 0 Å². The van der Waals surface area contributed by atoms with Gasteiger partial charge in [0.25, 0.3) is 5.91 Å². The predicted molar refractivity (Wildman–Crippen MR) is 158 cm³/mol. The summed E-state index contributed by atoms with van der Waals surface area (Å²) in [4.78, 5) is 31.1. The lowest BCUT2D eigenvalue weighted by molar-refractivity contribution is -0.134. The number of carbonyl (C=O) groups is 2. The molecule has 0 saturated carbocycles. The van der Waals surface area contributed by atoms with Crippen LogP contribution in [0.1, 0.15) is 53.0 Å². The molecular weight excluding hydrogens is 498 g/mol. The first kappa shape index (κ1) is 27.4. The van der Waals surface area contributed by atoms with E-state index in [1.165, 1.54) is 5.56 Å². The second-order valence-corrected chi connectivity index (χ2v) is 10.6. The van der Waals surface area contributed by atoms with Crippen molar-refractivity contribution < 1.29 is 14.3 Å². The van der Waals surface area contributed by atoms with Gasteiger partial charge in [-0.05, 0) is 52.4 Å². The van der Waals surface area contributed by atoms with Crippen LogP contribution in [0.25, 0.3) is 11.1 Å². The van der Waals surface area contributed by atoms with Gasteiger partial charge in [0.2, 0.25) is 5.91 Å². The summed E-state index contributed by atoms with van der Waals surface area (Å²) in [6.45, 7) is 6.33. The first-order valence-electron chi connectivity index (χ1n) is 13.9. The van der Waals surface area contributed by atoms with Crippen molar-refractivity contribution in [2.45, 2.75) is 32.4 Å². The first-order chi connectivity index (χ1) is 19.5. The zero-order valence-electron chi connectivity index (χ0n) is 23.5. The Morgan fingerprint density at radius 3 is 2.25 bits per heavy atom. The highest BCUT2D eigenvalue weighted by molar-refractivity contribution is 5.97. The van der Waals surface area contributed by atoms with Gasteiger partial charge in [-0.2, -0.15) is 0 Å². The minimum Gasteiger partial charge on any atom is -0.383 e. The summed E-state index contributed by atoms with van der Waals surface area (Å²) in [5.41, 5.74) is 6.11. The Bertz CT molecular complexity index is 1430. The van der Waals surface area contributed by atoms with Gasteiger partial charge in [-0.1, -0.05) is 80.6 Å². The summed E-state index contributed by atoms with van der Waals surface area (Å²) < 4.78 is 7.51. The minimum atomic E-state index is -0.206. The molecule has 0 fully saturated rings. The largest absolute Gasteiger partial charge is 0.383 e. The molecule has 0 aliphatic carbocycles. The Labute approximate surface area is 236 Å². The highest BCUT2D eigenvalue weighted by Gasteiger charge is 2.33. The van der Waals surface area contributed by atoms with Crippen molar-refractivity contribution in [2.24, 2.45) is 0 Å². The van der Waals surface area contributed by atoms with Gasteiger partial charge in [0.15, 0.2) is 0 Å². The molecule has 1 unspecified atom stereocenters. The van der Waals surface area contributed by atoms with E-state index in [-0.39, 0.29) is 24.4 Å².